The normalized spacial score (nSPS) is 17.4. The molecule has 0 bridgehead atoms. The Bertz CT molecular complexity index is 597. The Hall–Kier alpha value is -1.36. The second-order valence-electron chi connectivity index (χ2n) is 5.10. The lowest BCUT2D eigenvalue weighted by Gasteiger charge is -2.15. The van der Waals surface area contributed by atoms with E-state index in [2.05, 4.69) is 0 Å². The minimum absolute atomic E-state index is 0.0687. The number of carboxylic acids is 1. The largest absolute Gasteiger partial charge is 0.481 e. The molecule has 0 unspecified atom stereocenters. The number of aryl methyl sites for hydroxylation is 1. The number of hydrogen-bond acceptors (Lipinski definition) is 3. The monoisotopic (exact) mass is 268 g/mol. The average molecular weight is 268 g/mol. The highest BCUT2D eigenvalue weighted by Crippen LogP contribution is 2.51. The van der Waals surface area contributed by atoms with Gasteiger partial charge in [0.2, 0.25) is 0 Å². The van der Waals surface area contributed by atoms with E-state index in [-0.39, 0.29) is 11.8 Å². The zero-order chi connectivity index (χ0) is 13.6. The zero-order valence-corrected chi connectivity index (χ0v) is 11.3. The maximum absolute atomic E-state index is 11.7. The van der Waals surface area contributed by atoms with Crippen LogP contribution < -0.4 is 0 Å². The summed E-state index contributed by atoms with van der Waals surface area (Å²) in [5.74, 6) is -0.839. The van der Waals surface area contributed by atoms with Crippen LogP contribution in [0.15, 0.2) is 23.1 Å². The molecule has 0 spiro atoms. The van der Waals surface area contributed by atoms with Crippen LogP contribution in [-0.2, 0) is 20.0 Å². The van der Waals surface area contributed by atoms with Crippen LogP contribution in [0, 0.1) is 6.92 Å². The Morgan fingerprint density at radius 3 is 2.44 bits per heavy atom. The van der Waals surface area contributed by atoms with Crippen molar-refractivity contribution < 1.29 is 18.3 Å². The van der Waals surface area contributed by atoms with Crippen LogP contribution in [-0.4, -0.2) is 25.7 Å². The molecule has 1 aromatic rings. The molecule has 0 aliphatic heterocycles. The molecule has 1 aliphatic rings. The number of benzene rings is 1. The molecule has 5 heteroatoms. The second-order valence-corrected chi connectivity index (χ2v) is 7.09. The molecule has 1 saturated carbocycles. The fraction of sp³-hybridized carbons (Fsp3) is 0.462. The molecule has 1 aromatic carbocycles. The minimum atomic E-state index is -3.26. The van der Waals surface area contributed by atoms with E-state index in [4.69, 9.17) is 5.11 Å². The number of aliphatic carboxylic acids is 1. The number of hydrogen-bond donors (Lipinski definition) is 1. The number of carbonyl (C=O) groups is 1. The Morgan fingerprint density at radius 1 is 1.39 bits per heavy atom. The summed E-state index contributed by atoms with van der Waals surface area (Å²) in [6.45, 7) is 1.75. The molecule has 0 aromatic heterocycles. The van der Waals surface area contributed by atoms with Gasteiger partial charge in [-0.15, -0.1) is 0 Å². The summed E-state index contributed by atoms with van der Waals surface area (Å²) in [5.41, 5.74) is 1.18. The fourth-order valence-corrected chi connectivity index (χ4v) is 3.33. The van der Waals surface area contributed by atoms with Crippen molar-refractivity contribution in [1.29, 1.82) is 0 Å². The summed E-state index contributed by atoms with van der Waals surface area (Å²) < 4.78 is 23.3. The first-order chi connectivity index (χ1) is 8.24. The molecule has 4 nitrogen and oxygen atoms in total. The van der Waals surface area contributed by atoms with Gasteiger partial charge in [0.25, 0.3) is 0 Å². The summed E-state index contributed by atoms with van der Waals surface area (Å²) >= 11 is 0. The number of rotatable bonds is 4. The van der Waals surface area contributed by atoms with Gasteiger partial charge in [-0.2, -0.15) is 0 Å². The van der Waals surface area contributed by atoms with Gasteiger partial charge >= 0.3 is 5.97 Å². The third-order valence-corrected chi connectivity index (χ3v) is 4.78. The maximum atomic E-state index is 11.7. The van der Waals surface area contributed by atoms with Gasteiger partial charge in [-0.1, -0.05) is 12.1 Å². The Kier molecular flexibility index (Phi) is 2.97. The van der Waals surface area contributed by atoms with E-state index >= 15 is 0 Å². The Balaban J connectivity index is 2.46. The van der Waals surface area contributed by atoms with Gasteiger partial charge in [0, 0.05) is 11.7 Å². The molecule has 98 valence electrons. The Morgan fingerprint density at radius 2 is 2.00 bits per heavy atom. The molecule has 0 radical (unpaired) electrons. The van der Waals surface area contributed by atoms with Crippen molar-refractivity contribution in [3.8, 4) is 0 Å². The lowest BCUT2D eigenvalue weighted by molar-refractivity contribution is -0.137. The van der Waals surface area contributed by atoms with Crippen molar-refractivity contribution in [2.75, 3.05) is 6.26 Å². The first-order valence-corrected chi connectivity index (χ1v) is 7.67. The molecule has 2 rings (SSSR count). The van der Waals surface area contributed by atoms with E-state index in [0.717, 1.165) is 18.4 Å². The van der Waals surface area contributed by atoms with Crippen LogP contribution in [0.2, 0.25) is 0 Å². The van der Waals surface area contributed by atoms with Gasteiger partial charge in [0.05, 0.1) is 11.3 Å². The van der Waals surface area contributed by atoms with Gasteiger partial charge in [0.15, 0.2) is 9.84 Å². The quantitative estimate of drug-likeness (QED) is 0.905. The highest BCUT2D eigenvalue weighted by molar-refractivity contribution is 7.90. The summed E-state index contributed by atoms with van der Waals surface area (Å²) in [6.07, 6.45) is 2.87. The molecular formula is C13H16O4S. The van der Waals surface area contributed by atoms with Crippen LogP contribution in [0.3, 0.4) is 0 Å². The predicted molar refractivity (Wildman–Crippen MR) is 67.5 cm³/mol. The van der Waals surface area contributed by atoms with E-state index in [0.29, 0.717) is 10.5 Å². The SMILES string of the molecule is Cc1ccc(C2(CC(=O)O)CC2)cc1S(C)(=O)=O. The van der Waals surface area contributed by atoms with E-state index in [1.54, 1.807) is 19.1 Å². The van der Waals surface area contributed by atoms with E-state index in [1.807, 2.05) is 6.07 Å². The van der Waals surface area contributed by atoms with Crippen molar-refractivity contribution in [3.63, 3.8) is 0 Å². The molecule has 1 N–H and O–H groups in total. The maximum Gasteiger partial charge on any atom is 0.304 e. The fourth-order valence-electron chi connectivity index (χ4n) is 2.34. The molecule has 0 heterocycles. The van der Waals surface area contributed by atoms with Crippen LogP contribution in [0.5, 0.6) is 0 Å². The van der Waals surface area contributed by atoms with E-state index < -0.39 is 15.8 Å². The predicted octanol–water partition coefficient (Wildman–Crippen LogP) is 1.90. The summed E-state index contributed by atoms with van der Waals surface area (Å²) in [7, 11) is -3.26. The molecule has 18 heavy (non-hydrogen) atoms. The molecule has 0 saturated heterocycles. The third-order valence-electron chi connectivity index (χ3n) is 3.54. The number of carboxylic acid groups (broad SMARTS) is 1. The van der Waals surface area contributed by atoms with Gasteiger partial charge in [-0.05, 0) is 37.0 Å². The topological polar surface area (TPSA) is 71.4 Å². The standard InChI is InChI=1S/C13H16O4S/c1-9-3-4-10(7-11(9)18(2,16)17)13(5-6-13)8-12(14)15/h3-4,7H,5-6,8H2,1-2H3,(H,14,15). The molecule has 1 aliphatic carbocycles. The second kappa shape index (κ2) is 4.09. The zero-order valence-electron chi connectivity index (χ0n) is 10.4. The third kappa shape index (κ3) is 2.41. The minimum Gasteiger partial charge on any atom is -0.481 e. The first kappa shape index (κ1) is 13.1. The highest BCUT2D eigenvalue weighted by atomic mass is 32.2. The Labute approximate surface area is 107 Å². The smallest absolute Gasteiger partial charge is 0.304 e. The van der Waals surface area contributed by atoms with Crippen LogP contribution >= 0.6 is 0 Å². The number of sulfone groups is 1. The van der Waals surface area contributed by atoms with E-state index in [1.165, 1.54) is 6.26 Å². The van der Waals surface area contributed by atoms with Gasteiger partial charge in [0.1, 0.15) is 0 Å². The van der Waals surface area contributed by atoms with Crippen molar-refractivity contribution in [3.05, 3.63) is 29.3 Å². The average Bonchev–Trinajstić information content (AvgIpc) is 2.96. The lowest BCUT2D eigenvalue weighted by Crippen LogP contribution is -2.14. The molecule has 0 amide bonds. The first-order valence-electron chi connectivity index (χ1n) is 5.78. The summed E-state index contributed by atoms with van der Waals surface area (Å²) in [5, 5.41) is 8.92. The molecular weight excluding hydrogens is 252 g/mol. The van der Waals surface area contributed by atoms with Gasteiger partial charge < -0.3 is 5.11 Å². The van der Waals surface area contributed by atoms with Crippen LogP contribution in [0.4, 0.5) is 0 Å². The van der Waals surface area contributed by atoms with E-state index in [9.17, 15) is 13.2 Å². The summed E-state index contributed by atoms with van der Waals surface area (Å²) in [6, 6.07) is 5.24. The molecule has 1 fully saturated rings. The van der Waals surface area contributed by atoms with Crippen molar-refractivity contribution in [2.45, 2.75) is 36.5 Å². The molecule has 0 atom stereocenters. The van der Waals surface area contributed by atoms with Crippen LogP contribution in [0.1, 0.15) is 30.4 Å². The van der Waals surface area contributed by atoms with Crippen molar-refractivity contribution in [1.82, 2.24) is 0 Å². The lowest BCUT2D eigenvalue weighted by atomic mass is 9.92. The van der Waals surface area contributed by atoms with Crippen molar-refractivity contribution >= 4 is 15.8 Å². The van der Waals surface area contributed by atoms with Crippen molar-refractivity contribution in [2.24, 2.45) is 0 Å². The van der Waals surface area contributed by atoms with Crippen LogP contribution in [0.25, 0.3) is 0 Å². The summed E-state index contributed by atoms with van der Waals surface area (Å²) in [4.78, 5) is 11.2. The van der Waals surface area contributed by atoms with Gasteiger partial charge in [-0.25, -0.2) is 8.42 Å². The highest BCUT2D eigenvalue weighted by Gasteiger charge is 2.46. The van der Waals surface area contributed by atoms with Gasteiger partial charge in [-0.3, -0.25) is 4.79 Å².